The van der Waals surface area contributed by atoms with Crippen LogP contribution in [0.5, 0.6) is 0 Å². The molecule has 6 heterocycles. The maximum atomic E-state index is 14.7. The molecule has 4 aromatic carbocycles. The number of amides is 5. The second kappa shape index (κ2) is 26.3. The molecule has 0 bridgehead atoms. The van der Waals surface area contributed by atoms with Crippen molar-refractivity contribution in [2.45, 2.75) is 128 Å². The van der Waals surface area contributed by atoms with Crippen LogP contribution in [0.4, 0.5) is 16.6 Å². The van der Waals surface area contributed by atoms with E-state index in [0.717, 1.165) is 46.4 Å². The Labute approximate surface area is 522 Å². The molecule has 20 nitrogen and oxygen atoms in total. The number of nitrogens with one attached hydrogen (secondary N) is 4. The van der Waals surface area contributed by atoms with E-state index in [2.05, 4.69) is 31.6 Å². The van der Waals surface area contributed by atoms with Crippen molar-refractivity contribution in [3.8, 4) is 23.5 Å². The minimum absolute atomic E-state index is 0.0209. The van der Waals surface area contributed by atoms with Crippen LogP contribution in [0.3, 0.4) is 0 Å². The molecule has 3 aliphatic heterocycles. The number of hydrogen-bond donors (Lipinski definition) is 6. The zero-order valence-electron chi connectivity index (χ0n) is 50.4. The second-order valence-corrected chi connectivity index (χ2v) is 27.6. The van der Waals surface area contributed by atoms with Crippen LogP contribution in [0.15, 0.2) is 114 Å². The normalized spacial score (nSPS) is 18.2. The van der Waals surface area contributed by atoms with E-state index in [0.29, 0.717) is 95.8 Å². The van der Waals surface area contributed by atoms with Gasteiger partial charge in [0.15, 0.2) is 5.13 Å². The summed E-state index contributed by atoms with van der Waals surface area (Å²) in [7, 11) is -4.47. The summed E-state index contributed by atoms with van der Waals surface area (Å²) < 4.78 is 33.8. The number of fused-ring (bicyclic) bond motifs is 2. The number of aromatic nitrogens is 4. The molecule has 1 saturated carbocycles. The van der Waals surface area contributed by atoms with Gasteiger partial charge in [-0.15, -0.1) is 6.42 Å². The number of likely N-dealkylation sites (tertiary alicyclic amines) is 1. The first-order valence-electron chi connectivity index (χ1n) is 30.5. The molecule has 3 aromatic heterocycles. The fourth-order valence-corrected chi connectivity index (χ4v) is 14.6. The zero-order chi connectivity index (χ0) is 62.7. The number of piperidine rings is 1. The van der Waals surface area contributed by atoms with Gasteiger partial charge in [0, 0.05) is 85.2 Å². The van der Waals surface area contributed by atoms with Gasteiger partial charge < -0.3 is 35.5 Å². The van der Waals surface area contributed by atoms with E-state index in [1.54, 1.807) is 54.7 Å². The molecule has 5 amide bonds. The molecule has 4 atom stereocenters. The van der Waals surface area contributed by atoms with Gasteiger partial charge in [0.25, 0.3) is 21.8 Å². The molecular weight excluding hydrogens is 1170 g/mol. The topological polar surface area (TPSA) is 261 Å². The molecule has 6 N–H and O–H groups in total. The molecule has 0 spiro atoms. The quantitative estimate of drug-likeness (QED) is 0.0474. The van der Waals surface area contributed by atoms with Crippen molar-refractivity contribution >= 4 is 77.7 Å². The number of anilines is 3. The maximum Gasteiger partial charge on any atom is 0.284 e. The summed E-state index contributed by atoms with van der Waals surface area (Å²) in [6, 6.07) is 27.1. The third-order valence-corrected chi connectivity index (χ3v) is 20.1. The lowest BCUT2D eigenvalue weighted by molar-refractivity contribution is -0.144. The lowest BCUT2D eigenvalue weighted by Gasteiger charge is -2.38. The minimum Gasteiger partial charge on any atom is -0.394 e. The van der Waals surface area contributed by atoms with Crippen molar-refractivity contribution in [1.29, 1.82) is 0 Å². The number of aliphatic hydroxyl groups is 2. The average molecular weight is 1240 g/mol. The van der Waals surface area contributed by atoms with Crippen LogP contribution >= 0.6 is 11.3 Å². The van der Waals surface area contributed by atoms with Crippen LogP contribution in [0.1, 0.15) is 127 Å². The highest BCUT2D eigenvalue weighted by atomic mass is 32.2. The molecule has 4 aliphatic rings. The van der Waals surface area contributed by atoms with Gasteiger partial charge in [0.1, 0.15) is 23.6 Å². The smallest absolute Gasteiger partial charge is 0.284 e. The number of carbonyl (C=O) groups excluding carboxylic acids is 5. The van der Waals surface area contributed by atoms with Gasteiger partial charge in [-0.1, -0.05) is 93.7 Å². The highest BCUT2D eigenvalue weighted by molar-refractivity contribution is 7.90. The van der Waals surface area contributed by atoms with Crippen LogP contribution in [0.25, 0.3) is 21.3 Å². The van der Waals surface area contributed by atoms with Gasteiger partial charge in [-0.2, -0.15) is 5.10 Å². The molecule has 3 fully saturated rings. The van der Waals surface area contributed by atoms with E-state index in [4.69, 9.17) is 16.5 Å². The number of hydrogen-bond acceptors (Lipinski definition) is 15. The fraction of sp³-hybridized carbons (Fsp3) is 0.403. The molecule has 89 heavy (non-hydrogen) atoms. The predicted octanol–water partition coefficient (Wildman–Crippen LogP) is 7.92. The Hall–Kier alpha value is -8.49. The lowest BCUT2D eigenvalue weighted by atomic mass is 9.84. The molecule has 1 aliphatic carbocycles. The Morgan fingerprint density at radius 3 is 2.26 bits per heavy atom. The number of benzene rings is 4. The monoisotopic (exact) mass is 1240 g/mol. The van der Waals surface area contributed by atoms with E-state index in [-0.39, 0.29) is 35.4 Å². The number of sulfonamides is 1. The number of β-amino-alcohol motifs (C(OH)–C–C–N with tert-alkyl or cyclic N) is 1. The van der Waals surface area contributed by atoms with Gasteiger partial charge >= 0.3 is 0 Å². The van der Waals surface area contributed by atoms with E-state index >= 15 is 0 Å². The first-order chi connectivity index (χ1) is 42.7. The Kier molecular flexibility index (Phi) is 18.4. The van der Waals surface area contributed by atoms with Crippen molar-refractivity contribution in [3.63, 3.8) is 0 Å². The van der Waals surface area contributed by atoms with Gasteiger partial charge in [-0.25, -0.2) is 23.1 Å². The predicted molar refractivity (Wildman–Crippen MR) is 341 cm³/mol. The summed E-state index contributed by atoms with van der Waals surface area (Å²) in [4.78, 5) is 85.7. The lowest BCUT2D eigenvalue weighted by Crippen LogP contribution is -2.59. The third-order valence-electron chi connectivity index (χ3n) is 17.8. The highest BCUT2D eigenvalue weighted by Crippen LogP contribution is 2.35. The van der Waals surface area contributed by atoms with Crippen LogP contribution in [0, 0.1) is 36.5 Å². The van der Waals surface area contributed by atoms with E-state index in [1.165, 1.54) is 47.6 Å². The van der Waals surface area contributed by atoms with Crippen LogP contribution in [0.2, 0.25) is 0 Å². The van der Waals surface area contributed by atoms with Gasteiger partial charge in [-0.3, -0.25) is 34.0 Å². The summed E-state index contributed by atoms with van der Waals surface area (Å²) in [6.45, 7) is 9.31. The largest absolute Gasteiger partial charge is 0.394 e. The Morgan fingerprint density at radius 1 is 0.809 bits per heavy atom. The number of nitrogens with zero attached hydrogens (tertiary/aromatic N) is 7. The minimum atomic E-state index is -4.47. The zero-order valence-corrected chi connectivity index (χ0v) is 52.1. The van der Waals surface area contributed by atoms with Crippen molar-refractivity contribution < 1.29 is 42.6 Å². The molecule has 0 radical (unpaired) electrons. The van der Waals surface area contributed by atoms with Crippen molar-refractivity contribution in [1.82, 2.24) is 40.0 Å². The molecule has 11 rings (SSSR count). The summed E-state index contributed by atoms with van der Waals surface area (Å²) in [5.41, 5.74) is 6.09. The van der Waals surface area contributed by atoms with Gasteiger partial charge in [-0.05, 0) is 134 Å². The molecule has 22 heteroatoms. The number of aliphatic hydroxyl groups excluding tert-OH is 2. The second-order valence-electron chi connectivity index (χ2n) is 24.9. The third kappa shape index (κ3) is 13.7. The molecule has 464 valence electrons. The SMILES string of the molecule is C#Cc1ccc([C@H](CO)NC(=O)[C@@H]2C[C@@H](O)CN2C(=O)[C@@H](NC(=O)C2CCN(c3ccc(S(=O)(=O)NC(=O)c4nc(N5CCc6cccc(C(=O)Nc7nc8ccccc8s7)c6C5)ccc4-c4cnn(CC5CCCCC5)c4C)cc3)CC2)C(C)(C)C)cc1. The van der Waals surface area contributed by atoms with Gasteiger partial charge in [0.05, 0.1) is 40.1 Å². The number of pyridine rings is 1. The summed E-state index contributed by atoms with van der Waals surface area (Å²) in [6.07, 6.45) is 13.4. The number of thiazole rings is 1. The Bertz CT molecular complexity index is 3920. The van der Waals surface area contributed by atoms with Crippen molar-refractivity contribution in [2.75, 3.05) is 47.9 Å². The summed E-state index contributed by atoms with van der Waals surface area (Å²) >= 11 is 1.40. The molecule has 0 unspecified atom stereocenters. The summed E-state index contributed by atoms with van der Waals surface area (Å²) in [5, 5.41) is 35.1. The van der Waals surface area contributed by atoms with Crippen LogP contribution < -0.4 is 30.5 Å². The number of terminal acetylenes is 1. The van der Waals surface area contributed by atoms with Crippen LogP contribution in [-0.2, 0) is 43.9 Å². The Balaban J connectivity index is 0.758. The standard InChI is InChI=1S/C67H75N11O9S2/c1-6-42-19-21-45(22-20-42)55(40-79)69-63(83)56-35-48(80)38-77(56)65(85)60(67(3,4)5)72-61(81)46-30-32-75(33-31-46)47-23-25-49(26-24-47)89(86,87)74-64(84)59-50(52-36-68-78(41(52)2)37-43-13-8-7-9-14-43)27-28-58(71-59)76-34-29-44-15-12-16-51(53(44)39-76)62(82)73-66-70-54-17-10-11-18-57(54)88-66/h1,10-12,15-28,36,43,46,48,55-56,60,79-80H,7-9,13-14,29-35,37-40H2,2-5H3,(H,69,83)(H,72,81)(H,74,84)(H,70,73,82)/t48-,55+,56+,60-/m1/s1. The average Bonchev–Trinajstić information content (AvgIpc) is 1.83. The van der Waals surface area contributed by atoms with Crippen LogP contribution in [-0.4, -0.2) is 124 Å². The fourth-order valence-electron chi connectivity index (χ4n) is 12.8. The molecule has 7 aromatic rings. The van der Waals surface area contributed by atoms with Crippen molar-refractivity contribution in [3.05, 3.63) is 149 Å². The van der Waals surface area contributed by atoms with Gasteiger partial charge in [0.2, 0.25) is 17.7 Å². The van der Waals surface area contributed by atoms with E-state index in [9.17, 15) is 42.6 Å². The van der Waals surface area contributed by atoms with E-state index < -0.39 is 69.9 Å². The molecule has 2 saturated heterocycles. The highest BCUT2D eigenvalue weighted by Gasteiger charge is 2.46. The summed E-state index contributed by atoms with van der Waals surface area (Å²) in [5.74, 6) is 0.378. The number of rotatable bonds is 17. The number of carbonyl (C=O) groups is 5. The maximum absolute atomic E-state index is 14.7. The van der Waals surface area contributed by atoms with E-state index in [1.807, 2.05) is 84.6 Å². The molecular formula is C67H75N11O9S2. The first-order valence-corrected chi connectivity index (χ1v) is 32.8. The first kappa shape index (κ1) is 62.1. The van der Waals surface area contributed by atoms with Crippen molar-refractivity contribution in [2.24, 2.45) is 17.3 Å². The number of para-hydroxylation sites is 1. The Morgan fingerprint density at radius 2 is 1.55 bits per heavy atom.